The second-order valence-corrected chi connectivity index (χ2v) is 2.86. The molecule has 1 fully saturated rings. The van der Waals surface area contributed by atoms with Crippen molar-refractivity contribution in [2.24, 2.45) is 0 Å². The van der Waals surface area contributed by atoms with Gasteiger partial charge >= 0.3 is 0 Å². The molecule has 12 heavy (non-hydrogen) atoms. The third kappa shape index (κ3) is 1.74. The van der Waals surface area contributed by atoms with Crippen molar-refractivity contribution in [3.05, 3.63) is 0 Å². The van der Waals surface area contributed by atoms with Crippen LogP contribution in [0.5, 0.6) is 0 Å². The summed E-state index contributed by atoms with van der Waals surface area (Å²) in [6.45, 7) is -0.548. The van der Waals surface area contributed by atoms with E-state index in [1.807, 2.05) is 0 Å². The molecule has 0 saturated carbocycles. The van der Waals surface area contributed by atoms with Crippen molar-refractivity contribution < 1.29 is 30.3 Å². The lowest BCUT2D eigenvalue weighted by molar-refractivity contribution is -0.263. The average molecular weight is 180 g/mol. The number of aliphatic hydroxyl groups is 5. The van der Waals surface area contributed by atoms with Crippen LogP contribution < -0.4 is 0 Å². The zero-order chi connectivity index (χ0) is 9.35. The molecule has 0 aromatic carbocycles. The van der Waals surface area contributed by atoms with Crippen LogP contribution in [-0.4, -0.2) is 56.4 Å². The molecule has 0 aliphatic carbocycles. The van der Waals surface area contributed by atoms with E-state index >= 15 is 0 Å². The van der Waals surface area contributed by atoms with E-state index < -0.39 is 30.9 Å². The second-order valence-electron chi connectivity index (χ2n) is 2.86. The highest BCUT2D eigenvalue weighted by atomic mass is 16.7. The van der Waals surface area contributed by atoms with Gasteiger partial charge in [0.05, 0.1) is 12.7 Å². The fourth-order valence-corrected chi connectivity index (χ4v) is 1.06. The van der Waals surface area contributed by atoms with Crippen LogP contribution >= 0.6 is 0 Å². The molecule has 5 N–H and O–H groups in total. The summed E-state index contributed by atoms with van der Waals surface area (Å²) in [7, 11) is 0. The van der Waals surface area contributed by atoms with Gasteiger partial charge in [0, 0.05) is 6.42 Å². The van der Waals surface area contributed by atoms with Crippen LogP contribution in [0.4, 0.5) is 0 Å². The van der Waals surface area contributed by atoms with E-state index in [4.69, 9.17) is 25.5 Å². The monoisotopic (exact) mass is 180 g/mol. The summed E-state index contributed by atoms with van der Waals surface area (Å²) in [5.74, 6) is -2.33. The second kappa shape index (κ2) is 3.25. The number of hydrogen-bond donors (Lipinski definition) is 5. The Labute approximate surface area is 68.6 Å². The molecule has 0 bridgehead atoms. The fourth-order valence-electron chi connectivity index (χ4n) is 1.06. The van der Waals surface area contributed by atoms with Gasteiger partial charge in [-0.05, 0) is 0 Å². The van der Waals surface area contributed by atoms with Gasteiger partial charge in [-0.1, -0.05) is 0 Å². The van der Waals surface area contributed by atoms with E-state index in [1.54, 1.807) is 0 Å². The molecular weight excluding hydrogens is 168 g/mol. The van der Waals surface area contributed by atoms with Crippen LogP contribution in [0.15, 0.2) is 0 Å². The van der Waals surface area contributed by atoms with Gasteiger partial charge in [-0.3, -0.25) is 0 Å². The van der Waals surface area contributed by atoms with Crippen molar-refractivity contribution >= 4 is 0 Å². The Balaban J connectivity index is 2.54. The van der Waals surface area contributed by atoms with E-state index in [0.717, 1.165) is 0 Å². The fraction of sp³-hybridized carbons (Fsp3) is 1.00. The van der Waals surface area contributed by atoms with Crippen molar-refractivity contribution in [1.82, 2.24) is 0 Å². The lowest BCUT2D eigenvalue weighted by Crippen LogP contribution is -2.37. The Bertz CT molecular complexity index is 158. The van der Waals surface area contributed by atoms with Crippen LogP contribution in [0.1, 0.15) is 6.42 Å². The van der Waals surface area contributed by atoms with E-state index in [2.05, 4.69) is 4.74 Å². The standard InChI is InChI=1S/C6H12O6/c7-2-3(8)4-1-6(10,11)5(9)12-4/h3-5,7-11H,1-2H2/t3-,4+,5-/m1/s1. The number of aliphatic hydroxyl groups excluding tert-OH is 3. The van der Waals surface area contributed by atoms with Crippen molar-refractivity contribution in [2.45, 2.75) is 30.7 Å². The molecule has 6 nitrogen and oxygen atoms in total. The lowest BCUT2D eigenvalue weighted by Gasteiger charge is -2.15. The van der Waals surface area contributed by atoms with Gasteiger partial charge in [-0.2, -0.15) is 0 Å². The summed E-state index contributed by atoms with van der Waals surface area (Å²) in [6.07, 6.45) is -4.21. The summed E-state index contributed by atoms with van der Waals surface area (Å²) in [5, 5.41) is 44.3. The molecular formula is C6H12O6. The van der Waals surface area contributed by atoms with Crippen LogP contribution in [0.25, 0.3) is 0 Å². The quantitative estimate of drug-likeness (QED) is 0.292. The Hall–Kier alpha value is -0.240. The smallest absolute Gasteiger partial charge is 0.218 e. The summed E-state index contributed by atoms with van der Waals surface area (Å²) >= 11 is 0. The molecule has 0 radical (unpaired) electrons. The molecule has 1 rings (SSSR count). The number of rotatable bonds is 2. The average Bonchev–Trinajstić information content (AvgIpc) is 2.25. The molecule has 0 aromatic heterocycles. The van der Waals surface area contributed by atoms with Crippen LogP contribution in [0.3, 0.4) is 0 Å². The minimum atomic E-state index is -2.33. The first-order valence-electron chi connectivity index (χ1n) is 3.54. The van der Waals surface area contributed by atoms with Crippen LogP contribution in [0, 0.1) is 0 Å². The SMILES string of the molecule is OC[C@@H](O)[C@@H]1CC(O)(O)[C@H](O)O1. The van der Waals surface area contributed by atoms with E-state index in [1.165, 1.54) is 0 Å². The zero-order valence-corrected chi connectivity index (χ0v) is 6.29. The Kier molecular flexibility index (Phi) is 2.67. The predicted octanol–water partition coefficient (Wildman–Crippen LogP) is -2.87. The highest BCUT2D eigenvalue weighted by molar-refractivity contribution is 4.85. The first-order valence-corrected chi connectivity index (χ1v) is 3.54. The zero-order valence-electron chi connectivity index (χ0n) is 6.29. The van der Waals surface area contributed by atoms with Crippen LogP contribution in [0.2, 0.25) is 0 Å². The largest absolute Gasteiger partial charge is 0.394 e. The van der Waals surface area contributed by atoms with Crippen molar-refractivity contribution in [3.63, 3.8) is 0 Å². The van der Waals surface area contributed by atoms with Gasteiger partial charge in [0.25, 0.3) is 0 Å². The minimum Gasteiger partial charge on any atom is -0.394 e. The Morgan fingerprint density at radius 2 is 2.08 bits per heavy atom. The summed E-state index contributed by atoms with van der Waals surface area (Å²) < 4.78 is 4.57. The summed E-state index contributed by atoms with van der Waals surface area (Å²) in [4.78, 5) is 0. The predicted molar refractivity (Wildman–Crippen MR) is 35.8 cm³/mol. The molecule has 0 spiro atoms. The number of hydrogen-bond acceptors (Lipinski definition) is 6. The first kappa shape index (κ1) is 9.85. The van der Waals surface area contributed by atoms with Crippen LogP contribution in [-0.2, 0) is 4.74 Å². The van der Waals surface area contributed by atoms with Crippen molar-refractivity contribution in [2.75, 3.05) is 6.61 Å². The third-order valence-electron chi connectivity index (χ3n) is 1.82. The van der Waals surface area contributed by atoms with Crippen molar-refractivity contribution in [3.8, 4) is 0 Å². The van der Waals surface area contributed by atoms with Gasteiger partial charge in [-0.25, -0.2) is 0 Å². The van der Waals surface area contributed by atoms with Gasteiger partial charge in [0.15, 0.2) is 0 Å². The molecule has 72 valence electrons. The van der Waals surface area contributed by atoms with Crippen molar-refractivity contribution in [1.29, 1.82) is 0 Å². The first-order chi connectivity index (χ1) is 5.47. The third-order valence-corrected chi connectivity index (χ3v) is 1.82. The van der Waals surface area contributed by atoms with E-state index in [0.29, 0.717) is 0 Å². The molecule has 6 heteroatoms. The van der Waals surface area contributed by atoms with Gasteiger partial charge in [-0.15, -0.1) is 0 Å². The molecule has 1 saturated heterocycles. The molecule has 1 aliphatic rings. The maximum atomic E-state index is 9.00. The van der Waals surface area contributed by atoms with E-state index in [-0.39, 0.29) is 6.42 Å². The lowest BCUT2D eigenvalue weighted by atomic mass is 10.1. The van der Waals surface area contributed by atoms with Gasteiger partial charge < -0.3 is 30.3 Å². The molecule has 3 atom stereocenters. The highest BCUT2D eigenvalue weighted by Crippen LogP contribution is 2.28. The topological polar surface area (TPSA) is 110 Å². The summed E-state index contributed by atoms with van der Waals surface area (Å²) in [6, 6.07) is 0. The summed E-state index contributed by atoms with van der Waals surface area (Å²) in [5.41, 5.74) is 0. The van der Waals surface area contributed by atoms with Gasteiger partial charge in [0.1, 0.15) is 6.10 Å². The molecule has 0 unspecified atom stereocenters. The number of ether oxygens (including phenoxy) is 1. The maximum Gasteiger partial charge on any atom is 0.218 e. The Morgan fingerprint density at radius 1 is 1.50 bits per heavy atom. The molecule has 1 heterocycles. The molecule has 0 aromatic rings. The highest BCUT2D eigenvalue weighted by Gasteiger charge is 2.47. The Morgan fingerprint density at radius 3 is 2.42 bits per heavy atom. The normalized spacial score (nSPS) is 36.8. The molecule has 0 amide bonds. The minimum absolute atomic E-state index is 0.324. The maximum absolute atomic E-state index is 9.00. The van der Waals surface area contributed by atoms with Gasteiger partial charge in [0.2, 0.25) is 12.1 Å². The van der Waals surface area contributed by atoms with E-state index in [9.17, 15) is 0 Å². The molecule has 1 aliphatic heterocycles.